The monoisotopic (exact) mass is 376 g/mol. The Morgan fingerprint density at radius 3 is 2.29 bits per heavy atom. The van der Waals surface area contributed by atoms with Crippen LogP contribution in [-0.4, -0.2) is 28.5 Å². The van der Waals surface area contributed by atoms with Crippen molar-refractivity contribution in [2.45, 2.75) is 25.8 Å². The summed E-state index contributed by atoms with van der Waals surface area (Å²) in [5.41, 5.74) is 2.18. The van der Waals surface area contributed by atoms with E-state index in [1.165, 1.54) is 10.1 Å². The third kappa shape index (κ3) is 4.25. The topological polar surface area (TPSA) is 55.5 Å². The van der Waals surface area contributed by atoms with Gasteiger partial charge in [0.25, 0.3) is 0 Å². The van der Waals surface area contributed by atoms with Crippen LogP contribution in [0.5, 0.6) is 0 Å². The molecule has 2 heterocycles. The van der Waals surface area contributed by atoms with Crippen LogP contribution in [0.25, 0.3) is 11.3 Å². The van der Waals surface area contributed by atoms with Crippen molar-refractivity contribution in [3.05, 3.63) is 83.0 Å². The van der Waals surface area contributed by atoms with E-state index >= 15 is 0 Å². The molecule has 4 rings (SSSR count). The molecular weight excluding hydrogens is 352 g/mol. The fourth-order valence-corrected chi connectivity index (χ4v) is 3.80. The maximum Gasteiger partial charge on any atom is 0.419 e. The van der Waals surface area contributed by atoms with Gasteiger partial charge in [-0.1, -0.05) is 60.7 Å². The molecule has 0 N–H and O–H groups in total. The van der Waals surface area contributed by atoms with E-state index in [9.17, 15) is 9.59 Å². The normalized spacial score (nSPS) is 14.9. The van der Waals surface area contributed by atoms with Gasteiger partial charge in [-0.2, -0.15) is 0 Å². The van der Waals surface area contributed by atoms with Crippen LogP contribution in [0.2, 0.25) is 0 Å². The van der Waals surface area contributed by atoms with E-state index in [0.717, 1.165) is 37.9 Å². The molecule has 2 aromatic carbocycles. The molecule has 28 heavy (non-hydrogen) atoms. The number of hydrogen-bond acceptors (Lipinski definition) is 3. The maximum atomic E-state index is 12.7. The Bertz CT molecular complexity index is 968. The van der Waals surface area contributed by atoms with Crippen LogP contribution in [0.4, 0.5) is 0 Å². The van der Waals surface area contributed by atoms with Gasteiger partial charge in [0.05, 0.1) is 6.20 Å². The molecule has 0 bridgehead atoms. The molecule has 5 heteroatoms. The Morgan fingerprint density at radius 1 is 0.964 bits per heavy atom. The highest BCUT2D eigenvalue weighted by atomic mass is 16.4. The fourth-order valence-electron chi connectivity index (χ4n) is 3.80. The Morgan fingerprint density at radius 2 is 1.61 bits per heavy atom. The van der Waals surface area contributed by atoms with E-state index in [1.54, 1.807) is 6.20 Å². The number of benzene rings is 2. The molecule has 3 aromatic rings. The summed E-state index contributed by atoms with van der Waals surface area (Å²) in [5.74, 6) is 0.569. The number of aromatic nitrogens is 1. The van der Waals surface area contributed by atoms with E-state index in [1.807, 2.05) is 41.3 Å². The van der Waals surface area contributed by atoms with Gasteiger partial charge in [-0.25, -0.2) is 4.79 Å². The predicted octanol–water partition coefficient (Wildman–Crippen LogP) is 3.59. The average Bonchev–Trinajstić information content (AvgIpc) is 3.10. The zero-order chi connectivity index (χ0) is 19.3. The van der Waals surface area contributed by atoms with Gasteiger partial charge in [-0.15, -0.1) is 0 Å². The first-order valence-electron chi connectivity index (χ1n) is 9.76. The molecular formula is C23H24N2O3. The molecule has 144 valence electrons. The molecule has 1 aliphatic rings. The Hall–Kier alpha value is -3.08. The highest BCUT2D eigenvalue weighted by Gasteiger charge is 2.23. The van der Waals surface area contributed by atoms with Crippen molar-refractivity contribution in [1.82, 2.24) is 9.47 Å². The molecule has 1 saturated heterocycles. The average molecular weight is 376 g/mol. The van der Waals surface area contributed by atoms with Crippen molar-refractivity contribution in [2.75, 3.05) is 13.1 Å². The van der Waals surface area contributed by atoms with Crippen LogP contribution in [0.15, 0.2) is 76.1 Å². The summed E-state index contributed by atoms with van der Waals surface area (Å²) >= 11 is 0. The van der Waals surface area contributed by atoms with Gasteiger partial charge >= 0.3 is 5.76 Å². The summed E-state index contributed by atoms with van der Waals surface area (Å²) < 4.78 is 6.67. The van der Waals surface area contributed by atoms with Crippen molar-refractivity contribution in [3.63, 3.8) is 0 Å². The summed E-state index contributed by atoms with van der Waals surface area (Å²) in [5, 5.41) is 0. The summed E-state index contributed by atoms with van der Waals surface area (Å²) in [6.45, 7) is 1.52. The summed E-state index contributed by atoms with van der Waals surface area (Å²) in [7, 11) is 0. The standard InChI is InChI=1S/C23H24N2O3/c26-22(17-25-16-21(28-23(25)27)20-9-5-2-6-10-20)24-13-11-19(12-14-24)15-18-7-3-1-4-8-18/h1-10,16,19H,11-15,17H2. The van der Waals surface area contributed by atoms with Gasteiger partial charge in [0.15, 0.2) is 5.76 Å². The molecule has 0 saturated carbocycles. The molecule has 1 aliphatic heterocycles. The molecule has 1 fully saturated rings. The molecule has 0 radical (unpaired) electrons. The second-order valence-corrected chi connectivity index (χ2v) is 7.37. The SMILES string of the molecule is O=C(Cn1cc(-c2ccccc2)oc1=O)N1CCC(Cc2ccccc2)CC1. The zero-order valence-electron chi connectivity index (χ0n) is 15.8. The van der Waals surface area contributed by atoms with Crippen LogP contribution in [0.1, 0.15) is 18.4 Å². The van der Waals surface area contributed by atoms with Crippen molar-refractivity contribution in [3.8, 4) is 11.3 Å². The number of nitrogens with zero attached hydrogens (tertiary/aromatic N) is 2. The van der Waals surface area contributed by atoms with Gasteiger partial charge in [0.2, 0.25) is 5.91 Å². The fraction of sp³-hybridized carbons (Fsp3) is 0.304. The van der Waals surface area contributed by atoms with Crippen LogP contribution in [0, 0.1) is 5.92 Å². The van der Waals surface area contributed by atoms with Crippen LogP contribution in [-0.2, 0) is 17.8 Å². The number of oxazole rings is 1. The number of rotatable bonds is 5. The van der Waals surface area contributed by atoms with E-state index < -0.39 is 5.76 Å². The lowest BCUT2D eigenvalue weighted by Crippen LogP contribution is -2.41. The smallest absolute Gasteiger partial charge is 0.408 e. The first-order chi connectivity index (χ1) is 13.7. The highest BCUT2D eigenvalue weighted by Crippen LogP contribution is 2.22. The third-order valence-corrected chi connectivity index (χ3v) is 5.40. The third-order valence-electron chi connectivity index (χ3n) is 5.40. The molecule has 5 nitrogen and oxygen atoms in total. The van der Waals surface area contributed by atoms with E-state index in [4.69, 9.17) is 4.42 Å². The van der Waals surface area contributed by atoms with Crippen LogP contribution < -0.4 is 5.76 Å². The molecule has 0 spiro atoms. The first kappa shape index (κ1) is 18.3. The van der Waals surface area contributed by atoms with Gasteiger partial charge in [-0.3, -0.25) is 9.36 Å². The summed E-state index contributed by atoms with van der Waals surface area (Å²) in [6, 6.07) is 19.9. The number of carbonyl (C=O) groups excluding carboxylic acids is 1. The van der Waals surface area contributed by atoms with E-state index in [-0.39, 0.29) is 12.5 Å². The molecule has 1 aromatic heterocycles. The second-order valence-electron chi connectivity index (χ2n) is 7.37. The minimum atomic E-state index is -0.494. The van der Waals surface area contributed by atoms with Crippen molar-refractivity contribution in [1.29, 1.82) is 0 Å². The lowest BCUT2D eigenvalue weighted by molar-refractivity contribution is -0.133. The second kappa shape index (κ2) is 8.30. The van der Waals surface area contributed by atoms with Gasteiger partial charge in [0, 0.05) is 18.7 Å². The van der Waals surface area contributed by atoms with Crippen molar-refractivity contribution >= 4 is 5.91 Å². The molecule has 0 unspecified atom stereocenters. The van der Waals surface area contributed by atoms with Gasteiger partial charge in [-0.05, 0) is 30.7 Å². The minimum absolute atomic E-state index is 0.0263. The lowest BCUT2D eigenvalue weighted by Gasteiger charge is -2.32. The van der Waals surface area contributed by atoms with Crippen LogP contribution >= 0.6 is 0 Å². The van der Waals surface area contributed by atoms with E-state index in [2.05, 4.69) is 24.3 Å². The molecule has 1 amide bonds. The Balaban J connectivity index is 1.34. The lowest BCUT2D eigenvalue weighted by atomic mass is 9.90. The first-order valence-corrected chi connectivity index (χ1v) is 9.76. The molecule has 0 atom stereocenters. The quantitative estimate of drug-likeness (QED) is 0.684. The number of carbonyl (C=O) groups is 1. The number of piperidine rings is 1. The number of likely N-dealkylation sites (tertiary alicyclic amines) is 1. The zero-order valence-corrected chi connectivity index (χ0v) is 15.8. The van der Waals surface area contributed by atoms with Crippen molar-refractivity contribution < 1.29 is 9.21 Å². The maximum absolute atomic E-state index is 12.7. The molecule has 0 aliphatic carbocycles. The van der Waals surface area contributed by atoms with Gasteiger partial charge in [0.1, 0.15) is 6.54 Å². The number of amides is 1. The Labute approximate surface area is 164 Å². The van der Waals surface area contributed by atoms with Crippen LogP contribution in [0.3, 0.4) is 0 Å². The Kier molecular flexibility index (Phi) is 5.42. The largest absolute Gasteiger partial charge is 0.419 e. The summed E-state index contributed by atoms with van der Waals surface area (Å²) in [6.07, 6.45) is 4.68. The highest BCUT2D eigenvalue weighted by molar-refractivity contribution is 5.76. The van der Waals surface area contributed by atoms with E-state index in [0.29, 0.717) is 11.7 Å². The minimum Gasteiger partial charge on any atom is -0.408 e. The van der Waals surface area contributed by atoms with Crippen molar-refractivity contribution in [2.24, 2.45) is 5.92 Å². The number of hydrogen-bond donors (Lipinski definition) is 0. The summed E-state index contributed by atoms with van der Waals surface area (Å²) in [4.78, 5) is 26.6. The predicted molar refractivity (Wildman–Crippen MR) is 108 cm³/mol. The van der Waals surface area contributed by atoms with Gasteiger partial charge < -0.3 is 9.32 Å².